The molecule has 370 valence electrons. The zero-order valence-electron chi connectivity index (χ0n) is 43.7. The Balaban J connectivity index is 0.937. The van der Waals surface area contributed by atoms with Crippen LogP contribution in [-0.2, 0) is 10.8 Å². The van der Waals surface area contributed by atoms with Crippen LogP contribution in [0, 0.1) is 23.7 Å². The van der Waals surface area contributed by atoms with E-state index < -0.39 is 5.41 Å². The first-order chi connectivity index (χ1) is 38.6. The number of hydrogen-bond donors (Lipinski definition) is 0. The van der Waals surface area contributed by atoms with Gasteiger partial charge in [-0.3, -0.25) is 0 Å². The van der Waals surface area contributed by atoms with Crippen molar-refractivity contribution in [3.05, 3.63) is 311 Å². The number of benzene rings is 11. The van der Waals surface area contributed by atoms with Gasteiger partial charge in [0, 0.05) is 11.3 Å². The van der Waals surface area contributed by atoms with Crippen molar-refractivity contribution in [3.63, 3.8) is 0 Å². The van der Waals surface area contributed by atoms with Crippen molar-refractivity contribution < 1.29 is 0 Å². The summed E-state index contributed by atoms with van der Waals surface area (Å²) in [7, 11) is 0. The van der Waals surface area contributed by atoms with E-state index in [0.29, 0.717) is 11.8 Å². The van der Waals surface area contributed by atoms with Gasteiger partial charge in [0.15, 0.2) is 0 Å². The molecule has 4 fully saturated rings. The van der Waals surface area contributed by atoms with Gasteiger partial charge in [0.25, 0.3) is 0 Å². The highest BCUT2D eigenvalue weighted by Crippen LogP contribution is 2.70. The Bertz CT molecular complexity index is 4100. The molecule has 78 heavy (non-hydrogen) atoms. The summed E-state index contributed by atoms with van der Waals surface area (Å²) in [5, 5.41) is 0. The molecule has 0 aliphatic heterocycles. The third-order valence-corrected chi connectivity index (χ3v) is 20.2. The topological polar surface area (TPSA) is 0 Å². The molecular weight excluding hydrogens is 937 g/mol. The predicted molar refractivity (Wildman–Crippen MR) is 322 cm³/mol. The first-order valence-corrected chi connectivity index (χ1v) is 28.8. The lowest BCUT2D eigenvalue weighted by atomic mass is 9.43. The second-order valence-corrected chi connectivity index (χ2v) is 23.8. The van der Waals surface area contributed by atoms with E-state index in [2.05, 4.69) is 261 Å². The van der Waals surface area contributed by atoms with Crippen molar-refractivity contribution in [1.29, 1.82) is 0 Å². The molecule has 4 saturated carbocycles. The molecule has 0 amide bonds. The molecule has 7 aliphatic rings. The highest BCUT2D eigenvalue weighted by molar-refractivity contribution is 5.98. The van der Waals surface area contributed by atoms with Gasteiger partial charge in [-0.2, -0.15) is 0 Å². The molecule has 7 aliphatic carbocycles. The van der Waals surface area contributed by atoms with Gasteiger partial charge < -0.3 is 0 Å². The van der Waals surface area contributed by atoms with Crippen LogP contribution in [0.5, 0.6) is 0 Å². The summed E-state index contributed by atoms with van der Waals surface area (Å²) in [6.45, 7) is 0. The van der Waals surface area contributed by atoms with E-state index in [-0.39, 0.29) is 11.3 Å². The smallest absolute Gasteiger partial charge is 0.0622 e. The zero-order valence-corrected chi connectivity index (χ0v) is 43.7. The van der Waals surface area contributed by atoms with Crippen molar-refractivity contribution >= 4 is 0 Å². The van der Waals surface area contributed by atoms with Crippen molar-refractivity contribution in [2.24, 2.45) is 23.7 Å². The summed E-state index contributed by atoms with van der Waals surface area (Å²) in [6.07, 6.45) is 6.90. The highest BCUT2D eigenvalue weighted by Gasteiger charge is 2.62. The molecule has 0 nitrogen and oxygen atoms in total. The van der Waals surface area contributed by atoms with Gasteiger partial charge in [-0.05, 0) is 196 Å². The summed E-state index contributed by atoms with van der Waals surface area (Å²) in [5.41, 5.74) is 30.5. The molecule has 0 radical (unpaired) electrons. The van der Waals surface area contributed by atoms with E-state index in [1.54, 1.807) is 11.1 Å². The fraction of sp³-hybridized carbons (Fsp3) is 0.154. The standard InChI is InChI=1S/C78H58/c1-4-18-51(19-5-1)54-34-37-65-66-38-35-55(52-20-6-2-7-21-52)47-74(66)78(73(65)46-54)70-32-15-13-29-67(70)76-68(30-17-33-71(76)78)75(57-25-16-24-56(45-57)62-27-11-10-26-61(62)53-22-8-3-9-23-53)58-36-39-64-63-28-12-14-31-69(63)77(72(64)48-58)59-41-49-40-50(43-59)44-60(77)42-49/h1-39,45-50,59-60,75H,40-44H2. The van der Waals surface area contributed by atoms with E-state index in [0.717, 1.165) is 11.8 Å². The molecule has 18 rings (SSSR count). The third-order valence-electron chi connectivity index (χ3n) is 20.2. The van der Waals surface area contributed by atoms with Crippen molar-refractivity contribution in [2.75, 3.05) is 0 Å². The molecule has 1 atom stereocenters. The molecule has 0 N–H and O–H groups in total. The Morgan fingerprint density at radius 2 is 0.731 bits per heavy atom. The maximum absolute atomic E-state index is 2.77. The quantitative estimate of drug-likeness (QED) is 0.140. The molecule has 11 aromatic carbocycles. The Morgan fingerprint density at radius 1 is 0.269 bits per heavy atom. The minimum atomic E-state index is -0.562. The SMILES string of the molecule is c1ccc(-c2ccc3c(c2)C2(c4cc(-c5ccccc5)ccc4-3)c3ccccc3-c3c(C(c4cccc(-c5ccccc5-c5ccccc5)c4)c4ccc5c(c4)C4(c6ccccc6-5)C5CC6CC(C5)CC4C6)cccc32)cc1. The maximum Gasteiger partial charge on any atom is 0.0726 e. The predicted octanol–water partition coefficient (Wildman–Crippen LogP) is 19.6. The summed E-state index contributed by atoms with van der Waals surface area (Å²) < 4.78 is 0. The van der Waals surface area contributed by atoms with Gasteiger partial charge in [0.05, 0.1) is 5.41 Å². The van der Waals surface area contributed by atoms with Gasteiger partial charge >= 0.3 is 0 Å². The molecule has 2 spiro atoms. The molecule has 0 heteroatoms. The molecular formula is C78H58. The van der Waals surface area contributed by atoms with Crippen molar-refractivity contribution in [2.45, 2.75) is 48.9 Å². The van der Waals surface area contributed by atoms with Gasteiger partial charge in [-0.15, -0.1) is 0 Å². The van der Waals surface area contributed by atoms with Crippen LogP contribution in [0.3, 0.4) is 0 Å². The molecule has 4 bridgehead atoms. The molecule has 1 unspecified atom stereocenters. The van der Waals surface area contributed by atoms with Gasteiger partial charge in [0.1, 0.15) is 0 Å². The number of hydrogen-bond acceptors (Lipinski definition) is 0. The van der Waals surface area contributed by atoms with Gasteiger partial charge in [-0.1, -0.05) is 249 Å². The maximum atomic E-state index is 2.77. The van der Waals surface area contributed by atoms with Crippen LogP contribution < -0.4 is 0 Å². The van der Waals surface area contributed by atoms with E-state index in [1.807, 2.05) is 0 Å². The number of rotatable bonds is 7. The van der Waals surface area contributed by atoms with E-state index in [9.17, 15) is 0 Å². The normalized spacial score (nSPS) is 21.2. The van der Waals surface area contributed by atoms with Crippen LogP contribution in [0.15, 0.2) is 261 Å². The average Bonchev–Trinajstić information content (AvgIpc) is 3.34. The zero-order chi connectivity index (χ0) is 51.1. The van der Waals surface area contributed by atoms with Crippen LogP contribution in [-0.4, -0.2) is 0 Å². The van der Waals surface area contributed by atoms with Crippen LogP contribution in [0.25, 0.3) is 77.9 Å². The average molecular weight is 995 g/mol. The van der Waals surface area contributed by atoms with E-state index in [4.69, 9.17) is 0 Å². The third kappa shape index (κ3) is 6.18. The lowest BCUT2D eigenvalue weighted by molar-refractivity contribution is -0.0399. The summed E-state index contributed by atoms with van der Waals surface area (Å²) in [6, 6.07) is 101. The van der Waals surface area contributed by atoms with E-state index in [1.165, 1.54) is 149 Å². The fourth-order valence-electron chi connectivity index (χ4n) is 17.5. The monoisotopic (exact) mass is 994 g/mol. The summed E-state index contributed by atoms with van der Waals surface area (Å²) in [5.74, 6) is 3.05. The second kappa shape index (κ2) is 17.0. The molecule has 11 aromatic rings. The Labute approximate surface area is 458 Å². The highest BCUT2D eigenvalue weighted by atomic mass is 14.6. The van der Waals surface area contributed by atoms with Crippen LogP contribution in [0.1, 0.15) is 88.1 Å². The van der Waals surface area contributed by atoms with Crippen molar-refractivity contribution in [3.8, 4) is 77.9 Å². The van der Waals surface area contributed by atoms with Crippen LogP contribution in [0.4, 0.5) is 0 Å². The minimum absolute atomic E-state index is 0.0514. The molecule has 0 saturated heterocycles. The lowest BCUT2D eigenvalue weighted by Crippen LogP contribution is -2.55. The fourth-order valence-corrected chi connectivity index (χ4v) is 17.5. The van der Waals surface area contributed by atoms with Crippen LogP contribution in [0.2, 0.25) is 0 Å². The first kappa shape index (κ1) is 44.5. The molecule has 0 aromatic heterocycles. The van der Waals surface area contributed by atoms with Crippen molar-refractivity contribution in [1.82, 2.24) is 0 Å². The van der Waals surface area contributed by atoms with Crippen LogP contribution >= 0.6 is 0 Å². The summed E-state index contributed by atoms with van der Waals surface area (Å²) in [4.78, 5) is 0. The van der Waals surface area contributed by atoms with E-state index >= 15 is 0 Å². The van der Waals surface area contributed by atoms with Gasteiger partial charge in [0.2, 0.25) is 0 Å². The lowest BCUT2D eigenvalue weighted by Gasteiger charge is -2.61. The minimum Gasteiger partial charge on any atom is -0.0622 e. The van der Waals surface area contributed by atoms with Gasteiger partial charge in [-0.25, -0.2) is 0 Å². The Hall–Kier alpha value is -8.58. The first-order valence-electron chi connectivity index (χ1n) is 28.8. The Morgan fingerprint density at radius 3 is 1.37 bits per heavy atom. The summed E-state index contributed by atoms with van der Waals surface area (Å²) >= 11 is 0. The largest absolute Gasteiger partial charge is 0.0726 e. The number of fused-ring (bicyclic) bond motifs is 13. The molecule has 0 heterocycles. The Kier molecular flexibility index (Phi) is 9.68. The second-order valence-electron chi connectivity index (χ2n) is 23.8.